The molecular formula is C13H18N4O. The van der Waals surface area contributed by atoms with Crippen LogP contribution in [0.5, 0.6) is 0 Å². The van der Waals surface area contributed by atoms with E-state index in [-0.39, 0.29) is 11.9 Å². The molecule has 0 saturated carbocycles. The number of carbonyl (C=O) groups excluding carboxylic acids is 1. The van der Waals surface area contributed by atoms with Crippen LogP contribution >= 0.6 is 0 Å². The molecule has 0 radical (unpaired) electrons. The monoisotopic (exact) mass is 246 g/mol. The molecule has 0 spiro atoms. The molecule has 3 rings (SSSR count). The summed E-state index contributed by atoms with van der Waals surface area (Å²) in [5, 5.41) is 3.45. The molecule has 2 aliphatic rings. The summed E-state index contributed by atoms with van der Waals surface area (Å²) in [7, 11) is 1.79. The minimum atomic E-state index is 0.108. The number of anilines is 1. The van der Waals surface area contributed by atoms with Gasteiger partial charge in [-0.2, -0.15) is 0 Å². The van der Waals surface area contributed by atoms with E-state index >= 15 is 0 Å². The van der Waals surface area contributed by atoms with E-state index in [4.69, 9.17) is 0 Å². The summed E-state index contributed by atoms with van der Waals surface area (Å²) in [6, 6.07) is 0.242. The number of rotatable bonds is 1. The van der Waals surface area contributed by atoms with Crippen molar-refractivity contribution in [2.45, 2.75) is 38.6 Å². The zero-order valence-electron chi connectivity index (χ0n) is 10.9. The van der Waals surface area contributed by atoms with Gasteiger partial charge in [0.05, 0.1) is 12.5 Å². The van der Waals surface area contributed by atoms with E-state index < -0.39 is 0 Å². The maximum atomic E-state index is 11.7. The molecule has 2 aliphatic heterocycles. The van der Waals surface area contributed by atoms with E-state index in [2.05, 4.69) is 15.3 Å². The topological polar surface area (TPSA) is 58.1 Å². The van der Waals surface area contributed by atoms with Gasteiger partial charge in [0.2, 0.25) is 5.91 Å². The van der Waals surface area contributed by atoms with Gasteiger partial charge in [0.15, 0.2) is 0 Å². The molecule has 18 heavy (non-hydrogen) atoms. The van der Waals surface area contributed by atoms with Crippen LogP contribution in [-0.2, 0) is 11.2 Å². The zero-order valence-corrected chi connectivity index (χ0v) is 10.9. The zero-order chi connectivity index (χ0) is 12.7. The van der Waals surface area contributed by atoms with Crippen molar-refractivity contribution >= 4 is 11.7 Å². The number of carbonyl (C=O) groups is 1. The van der Waals surface area contributed by atoms with E-state index in [0.717, 1.165) is 35.9 Å². The Morgan fingerprint density at radius 1 is 1.33 bits per heavy atom. The third-order valence-corrected chi connectivity index (χ3v) is 3.85. The number of hydrogen-bond acceptors (Lipinski definition) is 4. The van der Waals surface area contributed by atoms with Crippen molar-refractivity contribution in [2.75, 3.05) is 18.5 Å². The molecule has 3 heterocycles. The first-order valence-corrected chi connectivity index (χ1v) is 6.54. The van der Waals surface area contributed by atoms with Crippen LogP contribution in [0.25, 0.3) is 0 Å². The molecule has 96 valence electrons. The molecule has 0 bridgehead atoms. The van der Waals surface area contributed by atoms with E-state index in [1.54, 1.807) is 11.9 Å². The lowest BCUT2D eigenvalue weighted by Crippen LogP contribution is -2.29. The summed E-state index contributed by atoms with van der Waals surface area (Å²) in [4.78, 5) is 22.5. The van der Waals surface area contributed by atoms with Gasteiger partial charge in [0.25, 0.3) is 0 Å². The van der Waals surface area contributed by atoms with Crippen LogP contribution in [0.1, 0.15) is 42.4 Å². The highest BCUT2D eigenvalue weighted by atomic mass is 16.2. The van der Waals surface area contributed by atoms with E-state index in [1.807, 2.05) is 6.92 Å². The summed E-state index contributed by atoms with van der Waals surface area (Å²) in [5.74, 6) is 1.75. The average molecular weight is 246 g/mol. The van der Waals surface area contributed by atoms with Crippen LogP contribution in [0, 0.1) is 6.92 Å². The summed E-state index contributed by atoms with van der Waals surface area (Å²) in [6.45, 7) is 3.00. The summed E-state index contributed by atoms with van der Waals surface area (Å²) < 4.78 is 0. The van der Waals surface area contributed by atoms with Crippen LogP contribution in [0.15, 0.2) is 0 Å². The second kappa shape index (κ2) is 4.31. The molecule has 1 atom stereocenters. The van der Waals surface area contributed by atoms with E-state index in [0.29, 0.717) is 6.42 Å². The van der Waals surface area contributed by atoms with Crippen molar-refractivity contribution in [1.82, 2.24) is 15.3 Å². The number of nitrogens with zero attached hydrogens (tertiary/aromatic N) is 3. The highest BCUT2D eigenvalue weighted by Crippen LogP contribution is 2.30. The predicted octanol–water partition coefficient (Wildman–Crippen LogP) is 1.12. The molecule has 1 aromatic heterocycles. The van der Waals surface area contributed by atoms with Crippen LogP contribution < -0.4 is 10.2 Å². The Kier molecular flexibility index (Phi) is 2.78. The Bertz CT molecular complexity index is 494. The second-order valence-electron chi connectivity index (χ2n) is 5.10. The lowest BCUT2D eigenvalue weighted by atomic mass is 10.0. The van der Waals surface area contributed by atoms with Crippen LogP contribution in [-0.4, -0.2) is 29.5 Å². The van der Waals surface area contributed by atoms with Crippen LogP contribution in [0.3, 0.4) is 0 Å². The number of aromatic nitrogens is 2. The van der Waals surface area contributed by atoms with Crippen molar-refractivity contribution in [1.29, 1.82) is 0 Å². The Labute approximate surface area is 107 Å². The lowest BCUT2D eigenvalue weighted by molar-refractivity contribution is -0.117. The minimum absolute atomic E-state index is 0.108. The number of likely N-dealkylation sites (N-methyl/N-ethyl adjacent to an activating group) is 1. The van der Waals surface area contributed by atoms with Gasteiger partial charge in [-0.05, 0) is 26.3 Å². The third-order valence-electron chi connectivity index (χ3n) is 3.85. The number of piperidine rings is 1. The fraction of sp³-hybridized carbons (Fsp3) is 0.615. The molecule has 1 aromatic rings. The fourth-order valence-electron chi connectivity index (χ4n) is 2.70. The lowest BCUT2D eigenvalue weighted by Gasteiger charge is -2.23. The van der Waals surface area contributed by atoms with Crippen molar-refractivity contribution in [3.63, 3.8) is 0 Å². The van der Waals surface area contributed by atoms with Gasteiger partial charge in [0, 0.05) is 18.3 Å². The van der Waals surface area contributed by atoms with Crippen LogP contribution in [0.4, 0.5) is 5.82 Å². The highest BCUT2D eigenvalue weighted by molar-refractivity contribution is 5.99. The molecule has 0 aliphatic carbocycles. The maximum absolute atomic E-state index is 11.7. The smallest absolute Gasteiger partial charge is 0.232 e. The quantitative estimate of drug-likeness (QED) is 0.806. The van der Waals surface area contributed by atoms with Gasteiger partial charge in [0.1, 0.15) is 11.6 Å². The molecule has 0 aromatic carbocycles. The summed E-state index contributed by atoms with van der Waals surface area (Å²) in [6.07, 6.45) is 3.96. The van der Waals surface area contributed by atoms with Gasteiger partial charge in [-0.3, -0.25) is 9.69 Å². The molecule has 1 saturated heterocycles. The molecular weight excluding hydrogens is 228 g/mol. The maximum Gasteiger partial charge on any atom is 0.232 e. The highest BCUT2D eigenvalue weighted by Gasteiger charge is 2.30. The van der Waals surface area contributed by atoms with Crippen molar-refractivity contribution in [2.24, 2.45) is 0 Å². The first kappa shape index (κ1) is 11.6. The second-order valence-corrected chi connectivity index (χ2v) is 5.10. The normalized spacial score (nSPS) is 23.3. The SMILES string of the molecule is Cc1nc([C@H]2CCCCN2)nc2c1CC(=O)N2C. The summed E-state index contributed by atoms with van der Waals surface area (Å²) >= 11 is 0. The average Bonchev–Trinajstić information content (AvgIpc) is 2.68. The Balaban J connectivity index is 1.98. The molecule has 1 N–H and O–H groups in total. The van der Waals surface area contributed by atoms with Gasteiger partial charge in [-0.15, -0.1) is 0 Å². The Hall–Kier alpha value is -1.49. The standard InChI is InChI=1S/C13H18N4O/c1-8-9-7-11(18)17(2)13(9)16-12(15-8)10-5-3-4-6-14-10/h10,14H,3-7H2,1-2H3/t10-/m1/s1. The number of fused-ring (bicyclic) bond motifs is 1. The van der Waals surface area contributed by atoms with Crippen molar-refractivity contribution in [3.05, 3.63) is 17.1 Å². The van der Waals surface area contributed by atoms with Crippen molar-refractivity contribution in [3.8, 4) is 0 Å². The Morgan fingerprint density at radius 2 is 2.17 bits per heavy atom. The molecule has 0 unspecified atom stereocenters. The first-order valence-electron chi connectivity index (χ1n) is 6.54. The molecule has 5 nitrogen and oxygen atoms in total. The summed E-state index contributed by atoms with van der Waals surface area (Å²) in [5.41, 5.74) is 1.93. The van der Waals surface area contributed by atoms with E-state index in [1.165, 1.54) is 12.8 Å². The first-order chi connectivity index (χ1) is 8.66. The van der Waals surface area contributed by atoms with Gasteiger partial charge < -0.3 is 5.32 Å². The number of amides is 1. The van der Waals surface area contributed by atoms with Gasteiger partial charge in [-0.25, -0.2) is 9.97 Å². The Morgan fingerprint density at radius 3 is 2.89 bits per heavy atom. The number of aryl methyl sites for hydroxylation is 1. The largest absolute Gasteiger partial charge is 0.307 e. The number of nitrogens with one attached hydrogen (secondary N) is 1. The number of hydrogen-bond donors (Lipinski definition) is 1. The molecule has 1 amide bonds. The third kappa shape index (κ3) is 1.79. The fourth-order valence-corrected chi connectivity index (χ4v) is 2.70. The van der Waals surface area contributed by atoms with Gasteiger partial charge in [-0.1, -0.05) is 6.42 Å². The predicted molar refractivity (Wildman–Crippen MR) is 68.5 cm³/mol. The molecule has 1 fully saturated rings. The van der Waals surface area contributed by atoms with Crippen molar-refractivity contribution < 1.29 is 4.79 Å². The minimum Gasteiger partial charge on any atom is -0.307 e. The van der Waals surface area contributed by atoms with Gasteiger partial charge >= 0.3 is 0 Å². The van der Waals surface area contributed by atoms with Crippen LogP contribution in [0.2, 0.25) is 0 Å². The molecule has 5 heteroatoms. The van der Waals surface area contributed by atoms with E-state index in [9.17, 15) is 4.79 Å².